The molecule has 6 heteroatoms. The smallest absolute Gasteiger partial charge is 0.184 e. The van der Waals surface area contributed by atoms with E-state index in [1.54, 1.807) is 6.07 Å². The number of nitrogens with zero attached hydrogens (tertiary/aromatic N) is 1. The largest absolute Gasteiger partial charge is 0.466 e. The molecule has 0 saturated carbocycles. The van der Waals surface area contributed by atoms with Gasteiger partial charge in [-0.1, -0.05) is 23.2 Å². The zero-order valence-electron chi connectivity index (χ0n) is 10.7. The maximum Gasteiger partial charge on any atom is 0.184 e. The van der Waals surface area contributed by atoms with Crippen molar-refractivity contribution in [1.82, 2.24) is 10.2 Å². The third kappa shape index (κ3) is 1.97. The summed E-state index contributed by atoms with van der Waals surface area (Å²) in [7, 11) is 0. The summed E-state index contributed by atoms with van der Waals surface area (Å²) in [6.07, 6.45) is 0.810. The van der Waals surface area contributed by atoms with E-state index in [0.29, 0.717) is 20.9 Å². The number of benzene rings is 1. The first kappa shape index (κ1) is 13.3. The van der Waals surface area contributed by atoms with E-state index in [-0.39, 0.29) is 6.04 Å². The fourth-order valence-electron chi connectivity index (χ4n) is 2.91. The molecule has 0 amide bonds. The average Bonchev–Trinajstić information content (AvgIpc) is 2.31. The highest BCUT2D eigenvalue weighted by Gasteiger charge is 2.47. The van der Waals surface area contributed by atoms with Crippen LogP contribution in [0.5, 0.6) is 5.75 Å². The molecule has 0 spiro atoms. The van der Waals surface area contributed by atoms with Gasteiger partial charge in [-0.2, -0.15) is 0 Å². The highest BCUT2D eigenvalue weighted by molar-refractivity contribution is 7.80. The first-order chi connectivity index (χ1) is 8.94. The molecule has 0 radical (unpaired) electrons. The van der Waals surface area contributed by atoms with Crippen LogP contribution in [-0.2, 0) is 0 Å². The van der Waals surface area contributed by atoms with Gasteiger partial charge in [0.1, 0.15) is 5.75 Å². The van der Waals surface area contributed by atoms with Crippen LogP contribution in [0.3, 0.4) is 0 Å². The van der Waals surface area contributed by atoms with Crippen LogP contribution in [0.4, 0.5) is 0 Å². The van der Waals surface area contributed by atoms with Gasteiger partial charge in [-0.3, -0.25) is 0 Å². The van der Waals surface area contributed by atoms with Gasteiger partial charge in [0.05, 0.1) is 11.1 Å². The molecular weight excluding hydrogens is 303 g/mol. The monoisotopic (exact) mass is 316 g/mol. The van der Waals surface area contributed by atoms with E-state index < -0.39 is 5.72 Å². The van der Waals surface area contributed by atoms with Crippen molar-refractivity contribution in [2.24, 2.45) is 0 Å². The number of hydrogen-bond acceptors (Lipinski definition) is 2. The standard InChI is InChI=1S/C13H14Cl2N2OS/c1-3-17-12(19)16-10-6-13(17,2)18-11-8(10)4-7(14)5-9(11)15/h4-5,10H,3,6H2,1-2H3,(H,16,19). The van der Waals surface area contributed by atoms with Gasteiger partial charge in [0.15, 0.2) is 10.8 Å². The van der Waals surface area contributed by atoms with Crippen molar-refractivity contribution >= 4 is 40.5 Å². The summed E-state index contributed by atoms with van der Waals surface area (Å²) in [5.74, 6) is 0.707. The molecule has 2 aliphatic heterocycles. The SMILES string of the molecule is CCN1C(=S)NC2CC1(C)Oc1c(Cl)cc(Cl)cc12. The molecule has 3 nitrogen and oxygen atoms in total. The normalized spacial score (nSPS) is 28.5. The summed E-state index contributed by atoms with van der Waals surface area (Å²) >= 11 is 17.8. The molecule has 2 aliphatic rings. The Hall–Kier alpha value is -0.710. The minimum Gasteiger partial charge on any atom is -0.466 e. The summed E-state index contributed by atoms with van der Waals surface area (Å²) in [5.41, 5.74) is 0.528. The van der Waals surface area contributed by atoms with E-state index >= 15 is 0 Å². The summed E-state index contributed by atoms with van der Waals surface area (Å²) in [6, 6.07) is 3.70. The molecule has 1 fully saturated rings. The number of fused-ring (bicyclic) bond motifs is 4. The Morgan fingerprint density at radius 2 is 2.26 bits per heavy atom. The Balaban J connectivity index is 2.13. The van der Waals surface area contributed by atoms with Crippen LogP contribution < -0.4 is 10.1 Å². The van der Waals surface area contributed by atoms with Gasteiger partial charge in [-0.15, -0.1) is 0 Å². The van der Waals surface area contributed by atoms with Crippen LogP contribution >= 0.6 is 35.4 Å². The van der Waals surface area contributed by atoms with Crippen LogP contribution in [0.2, 0.25) is 10.0 Å². The zero-order valence-corrected chi connectivity index (χ0v) is 13.0. The molecular formula is C13H14Cl2N2OS. The van der Waals surface area contributed by atoms with Crippen molar-refractivity contribution < 1.29 is 4.74 Å². The van der Waals surface area contributed by atoms with Crippen molar-refractivity contribution in [1.29, 1.82) is 0 Å². The molecule has 2 bridgehead atoms. The van der Waals surface area contributed by atoms with E-state index in [9.17, 15) is 0 Å². The molecule has 1 aromatic carbocycles. The van der Waals surface area contributed by atoms with Crippen molar-refractivity contribution in [3.8, 4) is 5.75 Å². The van der Waals surface area contributed by atoms with Gasteiger partial charge in [-0.05, 0) is 38.2 Å². The van der Waals surface area contributed by atoms with E-state index in [1.807, 2.05) is 17.9 Å². The third-order valence-corrected chi connectivity index (χ3v) is 4.58. The molecule has 102 valence electrons. The van der Waals surface area contributed by atoms with Gasteiger partial charge in [0.2, 0.25) is 0 Å². The van der Waals surface area contributed by atoms with E-state index in [2.05, 4.69) is 12.2 Å². The average molecular weight is 317 g/mol. The van der Waals surface area contributed by atoms with Crippen LogP contribution in [0.1, 0.15) is 31.9 Å². The van der Waals surface area contributed by atoms with Crippen LogP contribution in [-0.4, -0.2) is 22.3 Å². The highest BCUT2D eigenvalue weighted by atomic mass is 35.5. The molecule has 0 aromatic heterocycles. The van der Waals surface area contributed by atoms with E-state index in [0.717, 1.165) is 18.5 Å². The number of nitrogens with one attached hydrogen (secondary N) is 1. The highest BCUT2D eigenvalue weighted by Crippen LogP contribution is 2.47. The zero-order chi connectivity index (χ0) is 13.8. The summed E-state index contributed by atoms with van der Waals surface area (Å²) in [6.45, 7) is 4.89. The molecule has 3 rings (SSSR count). The Bertz CT molecular complexity index is 566. The van der Waals surface area contributed by atoms with Crippen LogP contribution in [0.25, 0.3) is 0 Å². The van der Waals surface area contributed by atoms with Gasteiger partial charge in [0.25, 0.3) is 0 Å². The summed E-state index contributed by atoms with van der Waals surface area (Å²) in [5, 5.41) is 5.21. The fraction of sp³-hybridized carbons (Fsp3) is 0.462. The topological polar surface area (TPSA) is 24.5 Å². The second-order valence-corrected chi connectivity index (χ2v) is 6.26. The molecule has 0 aliphatic carbocycles. The van der Waals surface area contributed by atoms with Crippen molar-refractivity contribution in [3.63, 3.8) is 0 Å². The van der Waals surface area contributed by atoms with Crippen molar-refractivity contribution in [2.75, 3.05) is 6.54 Å². The summed E-state index contributed by atoms with van der Waals surface area (Å²) < 4.78 is 6.16. The predicted molar refractivity (Wildman–Crippen MR) is 81.0 cm³/mol. The number of rotatable bonds is 1. The van der Waals surface area contributed by atoms with Gasteiger partial charge in [-0.25, -0.2) is 0 Å². The van der Waals surface area contributed by atoms with Crippen molar-refractivity contribution in [2.45, 2.75) is 32.0 Å². The Morgan fingerprint density at radius 3 is 2.95 bits per heavy atom. The second-order valence-electron chi connectivity index (χ2n) is 5.03. The number of ether oxygens (including phenoxy) is 1. The van der Waals surface area contributed by atoms with Gasteiger partial charge < -0.3 is 15.0 Å². The Kier molecular flexibility index (Phi) is 3.08. The lowest BCUT2D eigenvalue weighted by molar-refractivity contribution is -0.0657. The molecule has 2 unspecified atom stereocenters. The molecule has 2 atom stereocenters. The first-order valence-electron chi connectivity index (χ1n) is 6.20. The Morgan fingerprint density at radius 1 is 1.53 bits per heavy atom. The summed E-state index contributed by atoms with van der Waals surface area (Å²) in [4.78, 5) is 2.05. The molecule has 2 heterocycles. The molecule has 1 aromatic rings. The maximum atomic E-state index is 6.26. The fourth-order valence-corrected chi connectivity index (χ4v) is 3.92. The van der Waals surface area contributed by atoms with Crippen LogP contribution in [0, 0.1) is 0 Å². The van der Waals surface area contributed by atoms with Gasteiger partial charge >= 0.3 is 0 Å². The lowest BCUT2D eigenvalue weighted by Crippen LogP contribution is -2.64. The number of halogens is 2. The lowest BCUT2D eigenvalue weighted by Gasteiger charge is -2.52. The van der Waals surface area contributed by atoms with Crippen molar-refractivity contribution in [3.05, 3.63) is 27.7 Å². The lowest BCUT2D eigenvalue weighted by atomic mass is 9.90. The minimum atomic E-state index is -0.452. The minimum absolute atomic E-state index is 0.0975. The van der Waals surface area contributed by atoms with E-state index in [1.165, 1.54) is 0 Å². The maximum absolute atomic E-state index is 6.26. The first-order valence-corrected chi connectivity index (χ1v) is 7.37. The molecule has 19 heavy (non-hydrogen) atoms. The van der Waals surface area contributed by atoms with Gasteiger partial charge in [0, 0.05) is 23.6 Å². The number of hydrogen-bond donors (Lipinski definition) is 1. The Labute approximate surface area is 127 Å². The second kappa shape index (κ2) is 4.40. The molecule has 1 N–H and O–H groups in total. The quantitative estimate of drug-likeness (QED) is 0.798. The molecule has 1 saturated heterocycles. The predicted octanol–water partition coefficient (Wildman–Crippen LogP) is 3.74. The van der Waals surface area contributed by atoms with Crippen LogP contribution in [0.15, 0.2) is 12.1 Å². The third-order valence-electron chi connectivity index (χ3n) is 3.75. The van der Waals surface area contributed by atoms with E-state index in [4.69, 9.17) is 40.2 Å². The number of thiocarbonyl (C=S) groups is 1.